The van der Waals surface area contributed by atoms with E-state index in [0.29, 0.717) is 5.56 Å². The third-order valence-corrected chi connectivity index (χ3v) is 4.46. The lowest BCUT2D eigenvalue weighted by molar-refractivity contribution is 0.101. The lowest BCUT2D eigenvalue weighted by Crippen LogP contribution is -2.10. The molecule has 1 aliphatic rings. The molecule has 0 spiro atoms. The Bertz CT molecular complexity index is 993. The van der Waals surface area contributed by atoms with Gasteiger partial charge in [-0.25, -0.2) is 0 Å². The quantitative estimate of drug-likeness (QED) is 0.603. The molecule has 0 bridgehead atoms. The van der Waals surface area contributed by atoms with Gasteiger partial charge >= 0.3 is 10.1 Å². The first kappa shape index (κ1) is 18.2. The normalized spacial score (nSPS) is 15.7. The molecule has 0 radical (unpaired) electrons. The van der Waals surface area contributed by atoms with Crippen LogP contribution < -0.4 is 8.92 Å². The summed E-state index contributed by atoms with van der Waals surface area (Å²) in [4.78, 5) is 12.5. The van der Waals surface area contributed by atoms with Crippen LogP contribution in [0.5, 0.6) is 11.5 Å². The zero-order valence-corrected chi connectivity index (χ0v) is 15.9. The summed E-state index contributed by atoms with van der Waals surface area (Å²) in [5.41, 5.74) is 2.48. The minimum absolute atomic E-state index is 0.0532. The minimum Gasteiger partial charge on any atom is -0.452 e. The van der Waals surface area contributed by atoms with Crippen molar-refractivity contribution in [2.75, 3.05) is 6.26 Å². The third-order valence-electron chi connectivity index (χ3n) is 3.96. The van der Waals surface area contributed by atoms with Crippen LogP contribution in [0.25, 0.3) is 6.08 Å². The Hall–Kier alpha value is -2.60. The molecule has 1 aliphatic heterocycles. The number of fused-ring (bicyclic) bond motifs is 1. The highest BCUT2D eigenvalue weighted by Gasteiger charge is 2.28. The first-order valence-electron chi connectivity index (χ1n) is 8.11. The summed E-state index contributed by atoms with van der Waals surface area (Å²) < 4.78 is 32.9. The zero-order chi connectivity index (χ0) is 19.1. The van der Waals surface area contributed by atoms with E-state index in [0.717, 1.165) is 11.8 Å². The van der Waals surface area contributed by atoms with Gasteiger partial charge in [0.05, 0.1) is 11.8 Å². The first-order valence-corrected chi connectivity index (χ1v) is 9.93. The number of ether oxygens (including phenoxy) is 1. The lowest BCUT2D eigenvalue weighted by Gasteiger charge is -2.18. The second-order valence-corrected chi connectivity index (χ2v) is 8.83. The monoisotopic (exact) mass is 372 g/mol. The van der Waals surface area contributed by atoms with E-state index in [1.165, 1.54) is 23.8 Å². The predicted molar refractivity (Wildman–Crippen MR) is 100.0 cm³/mol. The van der Waals surface area contributed by atoms with Gasteiger partial charge in [0.25, 0.3) is 0 Å². The van der Waals surface area contributed by atoms with Gasteiger partial charge in [-0.2, -0.15) is 8.42 Å². The zero-order valence-electron chi connectivity index (χ0n) is 15.1. The molecule has 26 heavy (non-hydrogen) atoms. The maximum Gasteiger partial charge on any atom is 0.306 e. The molecule has 5 nitrogen and oxygen atoms in total. The van der Waals surface area contributed by atoms with E-state index in [9.17, 15) is 13.2 Å². The molecule has 0 saturated carbocycles. The fourth-order valence-electron chi connectivity index (χ4n) is 2.62. The number of rotatable bonds is 3. The van der Waals surface area contributed by atoms with Crippen molar-refractivity contribution in [3.8, 4) is 11.5 Å². The molecule has 0 atom stereocenters. The van der Waals surface area contributed by atoms with Crippen LogP contribution in [-0.2, 0) is 15.5 Å². The average Bonchev–Trinajstić information content (AvgIpc) is 2.81. The Labute approximate surface area is 153 Å². The molecular weight excluding hydrogens is 352 g/mol. The molecular formula is C20H20O5S. The van der Waals surface area contributed by atoms with Crippen LogP contribution in [0.2, 0.25) is 0 Å². The van der Waals surface area contributed by atoms with E-state index in [4.69, 9.17) is 8.92 Å². The van der Waals surface area contributed by atoms with Crippen LogP contribution in [0.15, 0.2) is 48.2 Å². The summed E-state index contributed by atoms with van der Waals surface area (Å²) in [6.07, 6.45) is 2.63. The minimum atomic E-state index is -3.64. The number of Topliss-reactive ketones (excluding diaryl/α,β-unsaturated/α-hetero) is 1. The SMILES string of the molecule is CC(C)(C)c1ccc(/C=C2\Oc3cc(OS(C)(=O)=O)ccc3C2=O)cc1. The summed E-state index contributed by atoms with van der Waals surface area (Å²) >= 11 is 0. The van der Waals surface area contributed by atoms with Crippen molar-refractivity contribution in [3.63, 3.8) is 0 Å². The summed E-state index contributed by atoms with van der Waals surface area (Å²) in [5.74, 6) is 0.342. The molecule has 0 unspecified atom stereocenters. The predicted octanol–water partition coefficient (Wildman–Crippen LogP) is 3.94. The number of ketones is 1. The van der Waals surface area contributed by atoms with Gasteiger partial charge in [0.15, 0.2) is 5.76 Å². The fourth-order valence-corrected chi connectivity index (χ4v) is 3.08. The Morgan fingerprint density at radius 3 is 2.27 bits per heavy atom. The molecule has 0 fully saturated rings. The van der Waals surface area contributed by atoms with Crippen LogP contribution in [0.1, 0.15) is 42.3 Å². The maximum absolute atomic E-state index is 12.5. The van der Waals surface area contributed by atoms with E-state index in [2.05, 4.69) is 20.8 Å². The molecule has 3 rings (SSSR count). The van der Waals surface area contributed by atoms with Crippen molar-refractivity contribution < 1.29 is 22.1 Å². The van der Waals surface area contributed by atoms with Gasteiger partial charge in [-0.1, -0.05) is 45.0 Å². The Balaban J connectivity index is 1.86. The number of benzene rings is 2. The van der Waals surface area contributed by atoms with Gasteiger partial charge < -0.3 is 8.92 Å². The Morgan fingerprint density at radius 2 is 1.69 bits per heavy atom. The molecule has 0 aromatic heterocycles. The summed E-state index contributed by atoms with van der Waals surface area (Å²) in [6.45, 7) is 6.41. The molecule has 0 saturated heterocycles. The highest BCUT2D eigenvalue weighted by atomic mass is 32.2. The van der Waals surface area contributed by atoms with Gasteiger partial charge in [-0.15, -0.1) is 0 Å². The molecule has 136 valence electrons. The van der Waals surface area contributed by atoms with E-state index in [1.54, 1.807) is 6.08 Å². The van der Waals surface area contributed by atoms with Crippen LogP contribution in [0, 0.1) is 0 Å². The van der Waals surface area contributed by atoms with Crippen molar-refractivity contribution in [1.82, 2.24) is 0 Å². The Kier molecular flexibility index (Phi) is 4.40. The van der Waals surface area contributed by atoms with Crippen molar-refractivity contribution in [1.29, 1.82) is 0 Å². The number of allylic oxidation sites excluding steroid dienone is 1. The topological polar surface area (TPSA) is 69.7 Å². The van der Waals surface area contributed by atoms with Crippen LogP contribution in [0.4, 0.5) is 0 Å². The van der Waals surface area contributed by atoms with E-state index >= 15 is 0 Å². The lowest BCUT2D eigenvalue weighted by atomic mass is 9.86. The highest BCUT2D eigenvalue weighted by Crippen LogP contribution is 2.35. The molecule has 2 aromatic carbocycles. The van der Waals surface area contributed by atoms with Gasteiger partial charge in [0.2, 0.25) is 5.78 Å². The van der Waals surface area contributed by atoms with E-state index in [-0.39, 0.29) is 28.5 Å². The second-order valence-electron chi connectivity index (χ2n) is 7.26. The van der Waals surface area contributed by atoms with Crippen LogP contribution >= 0.6 is 0 Å². The third kappa shape index (κ3) is 3.96. The first-order chi connectivity index (χ1) is 12.0. The average molecular weight is 372 g/mol. The van der Waals surface area contributed by atoms with E-state index < -0.39 is 10.1 Å². The number of hydrogen-bond acceptors (Lipinski definition) is 5. The number of carbonyl (C=O) groups is 1. The van der Waals surface area contributed by atoms with Crippen molar-refractivity contribution in [2.45, 2.75) is 26.2 Å². The van der Waals surface area contributed by atoms with Gasteiger partial charge in [0, 0.05) is 6.07 Å². The highest BCUT2D eigenvalue weighted by molar-refractivity contribution is 7.86. The van der Waals surface area contributed by atoms with Gasteiger partial charge in [-0.05, 0) is 34.8 Å². The van der Waals surface area contributed by atoms with Gasteiger partial charge in [0.1, 0.15) is 11.5 Å². The number of carbonyl (C=O) groups excluding carboxylic acids is 1. The fraction of sp³-hybridized carbons (Fsp3) is 0.250. The molecule has 0 amide bonds. The van der Waals surface area contributed by atoms with Crippen LogP contribution in [0.3, 0.4) is 0 Å². The van der Waals surface area contributed by atoms with Crippen molar-refractivity contribution in [3.05, 3.63) is 64.9 Å². The number of hydrogen-bond donors (Lipinski definition) is 0. The smallest absolute Gasteiger partial charge is 0.306 e. The molecule has 6 heteroatoms. The standard InChI is InChI=1S/C20H20O5S/c1-20(2,3)14-7-5-13(6-8-14)11-18-19(21)16-10-9-15(12-17(16)24-18)25-26(4,22)23/h5-12H,1-4H3/b18-11-. The summed E-state index contributed by atoms with van der Waals surface area (Å²) in [7, 11) is -3.64. The summed E-state index contributed by atoms with van der Waals surface area (Å²) in [6, 6.07) is 12.3. The van der Waals surface area contributed by atoms with E-state index in [1.807, 2.05) is 24.3 Å². The summed E-state index contributed by atoms with van der Waals surface area (Å²) in [5, 5.41) is 0. The van der Waals surface area contributed by atoms with Crippen molar-refractivity contribution >= 4 is 22.0 Å². The van der Waals surface area contributed by atoms with Gasteiger partial charge in [-0.3, -0.25) is 4.79 Å². The molecule has 2 aromatic rings. The second kappa shape index (κ2) is 6.29. The van der Waals surface area contributed by atoms with Crippen molar-refractivity contribution in [2.24, 2.45) is 0 Å². The molecule has 0 aliphatic carbocycles. The Morgan fingerprint density at radius 1 is 1.04 bits per heavy atom. The largest absolute Gasteiger partial charge is 0.452 e. The molecule has 1 heterocycles. The molecule has 0 N–H and O–H groups in total. The van der Waals surface area contributed by atoms with Crippen LogP contribution in [-0.4, -0.2) is 20.5 Å². The maximum atomic E-state index is 12.5.